The minimum absolute atomic E-state index is 0.0584. The third-order valence-electron chi connectivity index (χ3n) is 2.01. The molecule has 0 aromatic carbocycles. The molecule has 0 bridgehead atoms. The Labute approximate surface area is 76.3 Å². The Bertz CT molecular complexity index is 210. The zero-order chi connectivity index (χ0) is 9.84. The first kappa shape index (κ1) is 9.98. The van der Waals surface area contributed by atoms with Gasteiger partial charge in [0.05, 0.1) is 5.92 Å². The van der Waals surface area contributed by atoms with E-state index < -0.39 is 5.97 Å². The monoisotopic (exact) mass is 187 g/mol. The van der Waals surface area contributed by atoms with Crippen molar-refractivity contribution < 1.29 is 19.4 Å². The average molecular weight is 187 g/mol. The number of ether oxygens (including phenoxy) is 1. The summed E-state index contributed by atoms with van der Waals surface area (Å²) in [5, 5.41) is 8.54. The number of carboxylic acid groups (broad SMARTS) is 1. The Morgan fingerprint density at radius 1 is 1.54 bits per heavy atom. The standard InChI is InChI=1S/C8H13NO4/c1-2-13-5-7(10)9-3-6(4-9)8(11)12/h6H,2-5H2,1H3,(H,11,12). The number of hydrogen-bond acceptors (Lipinski definition) is 3. The van der Waals surface area contributed by atoms with Crippen LogP contribution in [0.5, 0.6) is 0 Å². The average Bonchev–Trinajstić information content (AvgIpc) is 1.97. The number of rotatable bonds is 4. The van der Waals surface area contributed by atoms with Gasteiger partial charge in [0, 0.05) is 19.7 Å². The van der Waals surface area contributed by atoms with E-state index in [0.29, 0.717) is 19.7 Å². The topological polar surface area (TPSA) is 66.8 Å². The number of nitrogens with zero attached hydrogens (tertiary/aromatic N) is 1. The highest BCUT2D eigenvalue weighted by molar-refractivity contribution is 5.81. The summed E-state index contributed by atoms with van der Waals surface area (Å²) < 4.78 is 4.91. The third kappa shape index (κ3) is 2.42. The fourth-order valence-electron chi connectivity index (χ4n) is 1.12. The normalized spacial score (nSPS) is 16.8. The van der Waals surface area contributed by atoms with Gasteiger partial charge >= 0.3 is 5.97 Å². The molecule has 74 valence electrons. The van der Waals surface area contributed by atoms with Crippen LogP contribution in [0.3, 0.4) is 0 Å². The molecule has 1 heterocycles. The SMILES string of the molecule is CCOCC(=O)N1CC(C(=O)O)C1. The first-order chi connectivity index (χ1) is 6.15. The Kier molecular flexibility index (Phi) is 3.25. The highest BCUT2D eigenvalue weighted by Gasteiger charge is 2.35. The predicted molar refractivity (Wildman–Crippen MR) is 44.2 cm³/mol. The lowest BCUT2D eigenvalue weighted by molar-refractivity contribution is -0.154. The number of likely N-dealkylation sites (tertiary alicyclic amines) is 1. The molecule has 0 spiro atoms. The molecule has 5 heteroatoms. The minimum atomic E-state index is -0.833. The molecule has 1 saturated heterocycles. The summed E-state index contributed by atoms with van der Waals surface area (Å²) in [4.78, 5) is 23.0. The van der Waals surface area contributed by atoms with E-state index in [1.54, 1.807) is 0 Å². The zero-order valence-electron chi connectivity index (χ0n) is 7.52. The molecule has 1 fully saturated rings. The maximum absolute atomic E-state index is 11.2. The van der Waals surface area contributed by atoms with Crippen molar-refractivity contribution in [2.75, 3.05) is 26.3 Å². The zero-order valence-corrected chi connectivity index (χ0v) is 7.52. The molecule has 13 heavy (non-hydrogen) atoms. The predicted octanol–water partition coefficient (Wildman–Crippen LogP) is -0.434. The second kappa shape index (κ2) is 4.23. The van der Waals surface area contributed by atoms with Gasteiger partial charge in [0.2, 0.25) is 5.91 Å². The first-order valence-corrected chi connectivity index (χ1v) is 4.23. The summed E-state index contributed by atoms with van der Waals surface area (Å²) in [6.07, 6.45) is 0. The van der Waals surface area contributed by atoms with Crippen LogP contribution in [0, 0.1) is 5.92 Å². The van der Waals surface area contributed by atoms with E-state index in [-0.39, 0.29) is 18.4 Å². The second-order valence-corrected chi connectivity index (χ2v) is 2.97. The molecule has 5 nitrogen and oxygen atoms in total. The fourth-order valence-corrected chi connectivity index (χ4v) is 1.12. The molecule has 0 aliphatic carbocycles. The molecule has 0 saturated carbocycles. The number of aliphatic carboxylic acids is 1. The summed E-state index contributed by atoms with van der Waals surface area (Å²) in [6, 6.07) is 0. The van der Waals surface area contributed by atoms with Crippen LogP contribution in [-0.2, 0) is 14.3 Å². The number of amides is 1. The van der Waals surface area contributed by atoms with Gasteiger partial charge in [0.15, 0.2) is 0 Å². The maximum Gasteiger partial charge on any atom is 0.310 e. The maximum atomic E-state index is 11.2. The molecule has 1 aliphatic rings. The number of carboxylic acids is 1. The molecule has 1 aliphatic heterocycles. The molecule has 1 N–H and O–H groups in total. The summed E-state index contributed by atoms with van der Waals surface area (Å²) in [6.45, 7) is 3.01. The lowest BCUT2D eigenvalue weighted by atomic mass is 10.0. The van der Waals surface area contributed by atoms with Crippen LogP contribution >= 0.6 is 0 Å². The van der Waals surface area contributed by atoms with Crippen molar-refractivity contribution in [3.63, 3.8) is 0 Å². The van der Waals surface area contributed by atoms with Gasteiger partial charge in [0.1, 0.15) is 6.61 Å². The summed E-state index contributed by atoms with van der Waals surface area (Å²) in [5.41, 5.74) is 0. The molecular weight excluding hydrogens is 174 g/mol. The van der Waals surface area contributed by atoms with E-state index in [9.17, 15) is 9.59 Å². The van der Waals surface area contributed by atoms with Crippen LogP contribution < -0.4 is 0 Å². The van der Waals surface area contributed by atoms with Crippen LogP contribution in [0.15, 0.2) is 0 Å². The van der Waals surface area contributed by atoms with Gasteiger partial charge in [-0.25, -0.2) is 0 Å². The van der Waals surface area contributed by atoms with Crippen molar-refractivity contribution >= 4 is 11.9 Å². The Balaban J connectivity index is 2.19. The molecule has 1 amide bonds. The second-order valence-electron chi connectivity index (χ2n) is 2.97. The Morgan fingerprint density at radius 3 is 2.62 bits per heavy atom. The lowest BCUT2D eigenvalue weighted by Gasteiger charge is -2.36. The molecule has 0 aromatic heterocycles. The van der Waals surface area contributed by atoms with Gasteiger partial charge in [-0.3, -0.25) is 9.59 Å². The highest BCUT2D eigenvalue weighted by atomic mass is 16.5. The van der Waals surface area contributed by atoms with Crippen LogP contribution in [0.2, 0.25) is 0 Å². The number of hydrogen-bond donors (Lipinski definition) is 1. The van der Waals surface area contributed by atoms with Gasteiger partial charge in [-0.1, -0.05) is 0 Å². The minimum Gasteiger partial charge on any atom is -0.481 e. The smallest absolute Gasteiger partial charge is 0.310 e. The molecule has 0 unspecified atom stereocenters. The molecule has 1 rings (SSSR count). The quantitative estimate of drug-likeness (QED) is 0.648. The Morgan fingerprint density at radius 2 is 2.15 bits per heavy atom. The van der Waals surface area contributed by atoms with E-state index in [2.05, 4.69) is 0 Å². The van der Waals surface area contributed by atoms with Crippen LogP contribution in [-0.4, -0.2) is 48.2 Å². The van der Waals surface area contributed by atoms with E-state index in [1.165, 1.54) is 4.90 Å². The molecule has 0 atom stereocenters. The molecule has 0 aromatic rings. The van der Waals surface area contributed by atoms with Gasteiger partial charge in [-0.15, -0.1) is 0 Å². The largest absolute Gasteiger partial charge is 0.481 e. The van der Waals surface area contributed by atoms with Crippen LogP contribution in [0.1, 0.15) is 6.92 Å². The molecule has 0 radical (unpaired) electrons. The van der Waals surface area contributed by atoms with Crippen LogP contribution in [0.25, 0.3) is 0 Å². The van der Waals surface area contributed by atoms with Crippen molar-refractivity contribution in [1.82, 2.24) is 4.90 Å². The van der Waals surface area contributed by atoms with Crippen molar-refractivity contribution in [3.8, 4) is 0 Å². The molecular formula is C8H13NO4. The van der Waals surface area contributed by atoms with Crippen molar-refractivity contribution in [2.24, 2.45) is 5.92 Å². The Hall–Kier alpha value is -1.10. The van der Waals surface area contributed by atoms with Gasteiger partial charge in [-0.2, -0.15) is 0 Å². The van der Waals surface area contributed by atoms with Crippen molar-refractivity contribution in [2.45, 2.75) is 6.92 Å². The first-order valence-electron chi connectivity index (χ1n) is 4.23. The van der Waals surface area contributed by atoms with Crippen LogP contribution in [0.4, 0.5) is 0 Å². The van der Waals surface area contributed by atoms with E-state index >= 15 is 0 Å². The summed E-state index contributed by atoms with van der Waals surface area (Å²) in [5.74, 6) is -1.34. The van der Waals surface area contributed by atoms with Crippen molar-refractivity contribution in [3.05, 3.63) is 0 Å². The lowest BCUT2D eigenvalue weighted by Crippen LogP contribution is -2.54. The van der Waals surface area contributed by atoms with E-state index in [1.807, 2.05) is 6.92 Å². The highest BCUT2D eigenvalue weighted by Crippen LogP contribution is 2.15. The summed E-state index contributed by atoms with van der Waals surface area (Å²) in [7, 11) is 0. The third-order valence-corrected chi connectivity index (χ3v) is 2.01. The van der Waals surface area contributed by atoms with Gasteiger partial charge in [-0.05, 0) is 6.92 Å². The van der Waals surface area contributed by atoms with E-state index in [4.69, 9.17) is 9.84 Å². The number of carbonyl (C=O) groups is 2. The van der Waals surface area contributed by atoms with Gasteiger partial charge in [0.25, 0.3) is 0 Å². The van der Waals surface area contributed by atoms with Crippen molar-refractivity contribution in [1.29, 1.82) is 0 Å². The van der Waals surface area contributed by atoms with E-state index in [0.717, 1.165) is 0 Å². The van der Waals surface area contributed by atoms with Gasteiger partial charge < -0.3 is 14.7 Å². The fraction of sp³-hybridized carbons (Fsp3) is 0.750. The summed E-state index contributed by atoms with van der Waals surface area (Å²) >= 11 is 0. The number of carbonyl (C=O) groups excluding carboxylic acids is 1.